The lowest BCUT2D eigenvalue weighted by molar-refractivity contribution is 0.0264. The van der Waals surface area contributed by atoms with Crippen LogP contribution >= 0.6 is 0 Å². The molecule has 1 aliphatic rings. The van der Waals surface area contributed by atoms with E-state index in [1.54, 1.807) is 0 Å². The number of hydrogen-bond acceptors (Lipinski definition) is 3. The van der Waals surface area contributed by atoms with Crippen molar-refractivity contribution in [1.29, 1.82) is 0 Å². The van der Waals surface area contributed by atoms with Crippen molar-refractivity contribution in [2.75, 3.05) is 6.61 Å². The van der Waals surface area contributed by atoms with Gasteiger partial charge in [0, 0.05) is 6.61 Å². The molecule has 0 aliphatic heterocycles. The zero-order chi connectivity index (χ0) is 11.5. The molecule has 1 rings (SSSR count). The number of amides is 1. The molecule has 0 heterocycles. The van der Waals surface area contributed by atoms with Crippen LogP contribution in [0.1, 0.15) is 39.5 Å². The summed E-state index contributed by atoms with van der Waals surface area (Å²) in [4.78, 5) is 10.7. The molecule has 0 saturated heterocycles. The molecule has 3 N–H and O–H groups in total. The summed E-state index contributed by atoms with van der Waals surface area (Å²) in [5, 5.41) is 9.02. The average Bonchev–Trinajstić information content (AvgIpc) is 2.48. The van der Waals surface area contributed by atoms with Crippen molar-refractivity contribution in [3.05, 3.63) is 0 Å². The monoisotopic (exact) mass is 215 g/mol. The van der Waals surface area contributed by atoms with Crippen LogP contribution in [0.2, 0.25) is 0 Å². The molecule has 1 aliphatic carbocycles. The smallest absolute Gasteiger partial charge is 0.405 e. The lowest BCUT2D eigenvalue weighted by Crippen LogP contribution is -2.32. The van der Waals surface area contributed by atoms with Gasteiger partial charge in [0.05, 0.1) is 0 Å². The Morgan fingerprint density at radius 1 is 1.47 bits per heavy atom. The number of aliphatic hydroxyl groups is 1. The van der Waals surface area contributed by atoms with E-state index in [4.69, 9.17) is 15.6 Å². The van der Waals surface area contributed by atoms with Crippen LogP contribution in [0.15, 0.2) is 0 Å². The van der Waals surface area contributed by atoms with Gasteiger partial charge in [-0.15, -0.1) is 0 Å². The highest BCUT2D eigenvalue weighted by molar-refractivity contribution is 5.65. The van der Waals surface area contributed by atoms with Gasteiger partial charge in [-0.05, 0) is 51.4 Å². The second-order valence-electron chi connectivity index (χ2n) is 5.11. The zero-order valence-electron chi connectivity index (χ0n) is 9.53. The Kier molecular flexibility index (Phi) is 3.97. The molecule has 0 unspecified atom stereocenters. The predicted octanol–water partition coefficient (Wildman–Crippen LogP) is 1.66. The summed E-state index contributed by atoms with van der Waals surface area (Å²) in [5.74, 6) is 0.968. The highest BCUT2D eigenvalue weighted by atomic mass is 16.6. The third-order valence-corrected chi connectivity index (χ3v) is 3.07. The predicted molar refractivity (Wildman–Crippen MR) is 57.3 cm³/mol. The van der Waals surface area contributed by atoms with Gasteiger partial charge in [0.15, 0.2) is 0 Å². The summed E-state index contributed by atoms with van der Waals surface area (Å²) in [7, 11) is 0. The molecular weight excluding hydrogens is 194 g/mol. The summed E-state index contributed by atoms with van der Waals surface area (Å²) in [6.45, 7) is 4.03. The molecule has 0 aromatic heterocycles. The quantitative estimate of drug-likeness (QED) is 0.749. The highest BCUT2D eigenvalue weighted by Crippen LogP contribution is 2.36. The van der Waals surface area contributed by atoms with Gasteiger partial charge in [-0.3, -0.25) is 0 Å². The van der Waals surface area contributed by atoms with Gasteiger partial charge in [-0.2, -0.15) is 0 Å². The van der Waals surface area contributed by atoms with Crippen molar-refractivity contribution in [3.8, 4) is 0 Å². The number of ether oxygens (including phenoxy) is 1. The second-order valence-corrected chi connectivity index (χ2v) is 5.11. The Balaban J connectivity index is 2.37. The first-order valence-electron chi connectivity index (χ1n) is 5.52. The minimum atomic E-state index is -0.711. The summed E-state index contributed by atoms with van der Waals surface area (Å²) in [6, 6.07) is 0. The van der Waals surface area contributed by atoms with Crippen molar-refractivity contribution in [1.82, 2.24) is 0 Å². The van der Waals surface area contributed by atoms with Crippen LogP contribution in [0.5, 0.6) is 0 Å². The van der Waals surface area contributed by atoms with Crippen LogP contribution in [0.25, 0.3) is 0 Å². The van der Waals surface area contributed by atoms with E-state index in [0.717, 1.165) is 25.7 Å². The zero-order valence-corrected chi connectivity index (χ0v) is 9.53. The minimum absolute atomic E-state index is 0.271. The molecule has 4 nitrogen and oxygen atoms in total. The van der Waals surface area contributed by atoms with E-state index < -0.39 is 11.7 Å². The summed E-state index contributed by atoms with van der Waals surface area (Å²) in [6.07, 6.45) is 3.33. The molecule has 0 spiro atoms. The molecule has 15 heavy (non-hydrogen) atoms. The normalized spacial score (nSPS) is 26.6. The first-order chi connectivity index (χ1) is 6.93. The fourth-order valence-electron chi connectivity index (χ4n) is 2.54. The number of aliphatic hydroxyl groups excluding tert-OH is 1. The largest absolute Gasteiger partial charge is 0.444 e. The lowest BCUT2D eigenvalue weighted by Gasteiger charge is -2.27. The van der Waals surface area contributed by atoms with Gasteiger partial charge in [-0.25, -0.2) is 4.79 Å². The molecule has 1 amide bonds. The topological polar surface area (TPSA) is 72.6 Å². The SMILES string of the molecule is CC(C)(C[C@H]1CC[C@@H](CO)C1)OC(N)=O. The summed E-state index contributed by atoms with van der Waals surface area (Å²) < 4.78 is 5.04. The van der Waals surface area contributed by atoms with Crippen molar-refractivity contribution in [2.24, 2.45) is 17.6 Å². The van der Waals surface area contributed by atoms with Crippen LogP contribution in [-0.4, -0.2) is 23.4 Å². The maximum absolute atomic E-state index is 10.7. The summed E-state index contributed by atoms with van der Waals surface area (Å²) in [5.41, 5.74) is 4.52. The van der Waals surface area contributed by atoms with E-state index in [-0.39, 0.29) is 6.61 Å². The molecule has 0 radical (unpaired) electrons. The molecule has 2 atom stereocenters. The van der Waals surface area contributed by atoms with Gasteiger partial charge in [-0.1, -0.05) is 0 Å². The van der Waals surface area contributed by atoms with E-state index in [1.165, 1.54) is 0 Å². The fraction of sp³-hybridized carbons (Fsp3) is 0.909. The van der Waals surface area contributed by atoms with Gasteiger partial charge < -0.3 is 15.6 Å². The molecule has 1 fully saturated rings. The van der Waals surface area contributed by atoms with E-state index in [1.807, 2.05) is 13.8 Å². The maximum Gasteiger partial charge on any atom is 0.405 e. The molecule has 0 aromatic rings. The van der Waals surface area contributed by atoms with Gasteiger partial charge in [0.2, 0.25) is 0 Å². The minimum Gasteiger partial charge on any atom is -0.444 e. The van der Waals surface area contributed by atoms with Gasteiger partial charge in [0.25, 0.3) is 0 Å². The Bertz CT molecular complexity index is 228. The number of primary amides is 1. The van der Waals surface area contributed by atoms with Gasteiger partial charge in [0.1, 0.15) is 5.60 Å². The highest BCUT2D eigenvalue weighted by Gasteiger charge is 2.31. The van der Waals surface area contributed by atoms with Crippen molar-refractivity contribution in [3.63, 3.8) is 0 Å². The van der Waals surface area contributed by atoms with Crippen LogP contribution in [0.3, 0.4) is 0 Å². The van der Waals surface area contributed by atoms with Gasteiger partial charge >= 0.3 is 6.09 Å². The lowest BCUT2D eigenvalue weighted by atomic mass is 9.91. The number of hydrogen-bond donors (Lipinski definition) is 2. The van der Waals surface area contributed by atoms with Crippen LogP contribution in [0, 0.1) is 11.8 Å². The molecule has 0 aromatic carbocycles. The number of carbonyl (C=O) groups is 1. The maximum atomic E-state index is 10.7. The van der Waals surface area contributed by atoms with Crippen molar-refractivity contribution < 1.29 is 14.6 Å². The van der Waals surface area contributed by atoms with Crippen molar-refractivity contribution in [2.45, 2.75) is 45.1 Å². The molecule has 4 heteroatoms. The standard InChI is InChI=1S/C11H21NO3/c1-11(2,15-10(12)14)6-8-3-4-9(5-8)7-13/h8-9,13H,3-7H2,1-2H3,(H2,12,14)/t8-,9+/m0/s1. The Labute approximate surface area is 90.8 Å². The number of carbonyl (C=O) groups excluding carboxylic acids is 1. The third-order valence-electron chi connectivity index (χ3n) is 3.07. The number of rotatable bonds is 4. The third kappa shape index (κ3) is 4.08. The average molecular weight is 215 g/mol. The first kappa shape index (κ1) is 12.3. The van der Waals surface area contributed by atoms with Crippen LogP contribution < -0.4 is 5.73 Å². The Hall–Kier alpha value is -0.770. The van der Waals surface area contributed by atoms with E-state index in [2.05, 4.69) is 0 Å². The van der Waals surface area contributed by atoms with Crippen molar-refractivity contribution >= 4 is 6.09 Å². The van der Waals surface area contributed by atoms with E-state index in [9.17, 15) is 4.79 Å². The molecule has 0 bridgehead atoms. The first-order valence-corrected chi connectivity index (χ1v) is 5.52. The van der Waals surface area contributed by atoms with Crippen LogP contribution in [0.4, 0.5) is 4.79 Å². The Morgan fingerprint density at radius 2 is 2.07 bits per heavy atom. The second kappa shape index (κ2) is 4.84. The Morgan fingerprint density at radius 3 is 2.53 bits per heavy atom. The fourth-order valence-corrected chi connectivity index (χ4v) is 2.54. The van der Waals surface area contributed by atoms with E-state index >= 15 is 0 Å². The molecule has 1 saturated carbocycles. The van der Waals surface area contributed by atoms with Crippen LogP contribution in [-0.2, 0) is 4.74 Å². The number of nitrogens with two attached hydrogens (primary N) is 1. The molecule has 88 valence electrons. The summed E-state index contributed by atoms with van der Waals surface area (Å²) >= 11 is 0. The molecular formula is C11H21NO3. The van der Waals surface area contributed by atoms with E-state index in [0.29, 0.717) is 11.8 Å².